The Bertz CT molecular complexity index is 1040. The van der Waals surface area contributed by atoms with Gasteiger partial charge in [0.05, 0.1) is 27.4 Å². The number of rotatable bonds is 4. The van der Waals surface area contributed by atoms with E-state index in [1.54, 1.807) is 37.6 Å². The van der Waals surface area contributed by atoms with Gasteiger partial charge in [0.25, 0.3) is 11.8 Å². The minimum atomic E-state index is -1.01. The topological polar surface area (TPSA) is 108 Å². The van der Waals surface area contributed by atoms with Gasteiger partial charge in [0.2, 0.25) is 0 Å². The summed E-state index contributed by atoms with van der Waals surface area (Å²) in [6.07, 6.45) is 1.43. The lowest BCUT2D eigenvalue weighted by molar-refractivity contribution is 0.0923. The van der Waals surface area contributed by atoms with E-state index in [-0.39, 0.29) is 11.6 Å². The standard InChI is InChI=1S/C18H15N5O2S/c1-18(2,9-19)23-17(25)14-8-11(6-7-20-14)22-16(24)12-4-3-5-13-15(12)26-10-21-13/h3-8,10H,1-2H3,(H,23,25)(H,20,22,24). The molecule has 0 saturated carbocycles. The number of benzene rings is 1. The molecule has 0 spiro atoms. The van der Waals surface area contributed by atoms with Crippen LogP contribution >= 0.6 is 11.3 Å². The van der Waals surface area contributed by atoms with E-state index >= 15 is 0 Å². The molecule has 0 atom stereocenters. The molecule has 2 aromatic heterocycles. The molecule has 1 aromatic carbocycles. The first-order valence-corrected chi connectivity index (χ1v) is 8.61. The maximum atomic E-state index is 12.6. The normalized spacial score (nSPS) is 11.0. The molecule has 2 N–H and O–H groups in total. The lowest BCUT2D eigenvalue weighted by Crippen LogP contribution is -2.42. The number of thiazole rings is 1. The van der Waals surface area contributed by atoms with Crippen molar-refractivity contribution >= 4 is 39.1 Å². The number of nitrogens with one attached hydrogen (secondary N) is 2. The Morgan fingerprint density at radius 2 is 2.00 bits per heavy atom. The minimum absolute atomic E-state index is 0.113. The lowest BCUT2D eigenvalue weighted by Gasteiger charge is -2.17. The molecule has 3 rings (SSSR count). The summed E-state index contributed by atoms with van der Waals surface area (Å²) in [4.78, 5) is 33.0. The van der Waals surface area contributed by atoms with Crippen molar-refractivity contribution in [2.45, 2.75) is 19.4 Å². The summed E-state index contributed by atoms with van der Waals surface area (Å²) in [5.41, 5.74) is 2.50. The van der Waals surface area contributed by atoms with Crippen molar-refractivity contribution < 1.29 is 9.59 Å². The summed E-state index contributed by atoms with van der Waals surface area (Å²) in [5, 5.41) is 14.4. The molecule has 0 radical (unpaired) electrons. The second kappa shape index (κ2) is 6.90. The molecule has 8 heteroatoms. The van der Waals surface area contributed by atoms with Crippen molar-refractivity contribution in [3.8, 4) is 6.07 Å². The van der Waals surface area contributed by atoms with Crippen LogP contribution in [-0.2, 0) is 0 Å². The Balaban J connectivity index is 1.81. The summed E-state index contributed by atoms with van der Waals surface area (Å²) in [7, 11) is 0. The number of hydrogen-bond acceptors (Lipinski definition) is 6. The highest BCUT2D eigenvalue weighted by Gasteiger charge is 2.21. The van der Waals surface area contributed by atoms with Crippen molar-refractivity contribution in [2.24, 2.45) is 0 Å². The minimum Gasteiger partial charge on any atom is -0.333 e. The molecule has 7 nitrogen and oxygen atoms in total. The van der Waals surface area contributed by atoms with Gasteiger partial charge < -0.3 is 10.6 Å². The number of hydrogen-bond donors (Lipinski definition) is 2. The van der Waals surface area contributed by atoms with Crippen LogP contribution in [0.2, 0.25) is 0 Å². The molecular weight excluding hydrogens is 350 g/mol. The van der Waals surface area contributed by atoms with Gasteiger partial charge in [0, 0.05) is 11.9 Å². The average Bonchev–Trinajstić information content (AvgIpc) is 3.10. The zero-order valence-electron chi connectivity index (χ0n) is 14.1. The number of fused-ring (bicyclic) bond motifs is 1. The Morgan fingerprint density at radius 3 is 2.77 bits per heavy atom. The molecular formula is C18H15N5O2S. The maximum absolute atomic E-state index is 12.6. The highest BCUT2D eigenvalue weighted by atomic mass is 32.1. The first kappa shape index (κ1) is 17.5. The molecule has 0 fully saturated rings. The highest BCUT2D eigenvalue weighted by Crippen LogP contribution is 2.23. The van der Waals surface area contributed by atoms with Crippen molar-refractivity contribution in [3.63, 3.8) is 0 Å². The monoisotopic (exact) mass is 365 g/mol. The third-order valence-electron chi connectivity index (χ3n) is 3.56. The number of nitrogens with zero attached hydrogens (tertiary/aromatic N) is 3. The second-order valence-corrected chi connectivity index (χ2v) is 6.94. The first-order valence-electron chi connectivity index (χ1n) is 7.73. The Labute approximate surface area is 153 Å². The quantitative estimate of drug-likeness (QED) is 0.739. The largest absolute Gasteiger partial charge is 0.333 e. The molecule has 0 aliphatic heterocycles. The van der Waals surface area contributed by atoms with Gasteiger partial charge >= 0.3 is 0 Å². The van der Waals surface area contributed by atoms with E-state index in [0.29, 0.717) is 11.3 Å². The van der Waals surface area contributed by atoms with Gasteiger partial charge in [-0.05, 0) is 38.1 Å². The SMILES string of the molecule is CC(C)(C#N)NC(=O)c1cc(NC(=O)c2cccc3ncsc23)ccn1. The zero-order valence-corrected chi connectivity index (χ0v) is 14.9. The van der Waals surface area contributed by atoms with Crippen LogP contribution in [0.3, 0.4) is 0 Å². The van der Waals surface area contributed by atoms with Gasteiger partial charge in [0.15, 0.2) is 0 Å². The number of pyridine rings is 1. The number of nitriles is 1. The number of anilines is 1. The van der Waals surface area contributed by atoms with Gasteiger partial charge in [-0.3, -0.25) is 14.6 Å². The summed E-state index contributed by atoms with van der Waals surface area (Å²) < 4.78 is 0.799. The van der Waals surface area contributed by atoms with Gasteiger partial charge in [-0.15, -0.1) is 11.3 Å². The van der Waals surface area contributed by atoms with Crippen molar-refractivity contribution in [2.75, 3.05) is 5.32 Å². The van der Waals surface area contributed by atoms with Gasteiger partial charge in [0.1, 0.15) is 11.2 Å². The van der Waals surface area contributed by atoms with Crippen molar-refractivity contribution in [1.82, 2.24) is 15.3 Å². The Kier molecular flexibility index (Phi) is 4.65. The van der Waals surface area contributed by atoms with Gasteiger partial charge in [-0.1, -0.05) is 6.07 Å². The molecule has 3 aromatic rings. The fourth-order valence-electron chi connectivity index (χ4n) is 2.27. The lowest BCUT2D eigenvalue weighted by atomic mass is 10.1. The Morgan fingerprint density at radius 1 is 1.19 bits per heavy atom. The van der Waals surface area contributed by atoms with Crippen LogP contribution in [0.1, 0.15) is 34.7 Å². The van der Waals surface area contributed by atoms with E-state index < -0.39 is 11.4 Å². The summed E-state index contributed by atoms with van der Waals surface area (Å²) in [5.74, 6) is -0.785. The van der Waals surface area contributed by atoms with E-state index in [4.69, 9.17) is 5.26 Å². The molecule has 0 bridgehead atoms. The van der Waals surface area contributed by atoms with Crippen LogP contribution in [0.15, 0.2) is 42.0 Å². The molecule has 2 heterocycles. The Hall–Kier alpha value is -3.31. The summed E-state index contributed by atoms with van der Waals surface area (Å²) in [6, 6.07) is 10.4. The van der Waals surface area contributed by atoms with E-state index in [9.17, 15) is 9.59 Å². The van der Waals surface area contributed by atoms with Crippen LogP contribution in [-0.4, -0.2) is 27.3 Å². The molecule has 0 aliphatic carbocycles. The third kappa shape index (κ3) is 3.68. The number of amides is 2. The number of aromatic nitrogens is 2. The van der Waals surface area contributed by atoms with Crippen LogP contribution in [0.4, 0.5) is 5.69 Å². The third-order valence-corrected chi connectivity index (χ3v) is 4.43. The molecule has 0 unspecified atom stereocenters. The smallest absolute Gasteiger partial charge is 0.271 e. The maximum Gasteiger partial charge on any atom is 0.271 e. The fraction of sp³-hybridized carbons (Fsp3) is 0.167. The average molecular weight is 365 g/mol. The molecule has 0 aliphatic rings. The van der Waals surface area contributed by atoms with Gasteiger partial charge in [-0.2, -0.15) is 5.26 Å². The zero-order chi connectivity index (χ0) is 18.7. The second-order valence-electron chi connectivity index (χ2n) is 6.08. The predicted molar refractivity (Wildman–Crippen MR) is 99.0 cm³/mol. The van der Waals surface area contributed by atoms with Crippen LogP contribution < -0.4 is 10.6 Å². The van der Waals surface area contributed by atoms with Gasteiger partial charge in [-0.25, -0.2) is 4.98 Å². The van der Waals surface area contributed by atoms with E-state index in [2.05, 4.69) is 20.6 Å². The molecule has 0 saturated heterocycles. The molecule has 130 valence electrons. The first-order chi connectivity index (χ1) is 12.4. The van der Waals surface area contributed by atoms with E-state index in [1.165, 1.54) is 23.6 Å². The van der Waals surface area contributed by atoms with Crippen LogP contribution in [0.5, 0.6) is 0 Å². The van der Waals surface area contributed by atoms with Crippen LogP contribution in [0, 0.1) is 11.3 Å². The number of carbonyl (C=O) groups is 2. The van der Waals surface area contributed by atoms with E-state index in [0.717, 1.165) is 10.2 Å². The molecule has 2 amide bonds. The summed E-state index contributed by atoms with van der Waals surface area (Å²) >= 11 is 1.39. The summed E-state index contributed by atoms with van der Waals surface area (Å²) in [6.45, 7) is 3.18. The van der Waals surface area contributed by atoms with Crippen molar-refractivity contribution in [3.05, 3.63) is 53.3 Å². The molecule has 26 heavy (non-hydrogen) atoms. The highest BCUT2D eigenvalue weighted by molar-refractivity contribution is 7.17. The fourth-order valence-corrected chi connectivity index (χ4v) is 3.07. The van der Waals surface area contributed by atoms with Crippen LogP contribution in [0.25, 0.3) is 10.2 Å². The van der Waals surface area contributed by atoms with Crippen molar-refractivity contribution in [1.29, 1.82) is 5.26 Å². The van der Waals surface area contributed by atoms with E-state index in [1.807, 2.05) is 12.1 Å². The predicted octanol–water partition coefficient (Wildman–Crippen LogP) is 2.98. The number of carbonyl (C=O) groups excluding carboxylic acids is 2.